The maximum atomic E-state index is 13.5. The first-order valence-corrected chi connectivity index (χ1v) is 9.79. The molecule has 5 rings (SSSR count). The van der Waals surface area contributed by atoms with Crippen LogP contribution in [0.1, 0.15) is 17.2 Å². The zero-order valence-electron chi connectivity index (χ0n) is 16.0. The van der Waals surface area contributed by atoms with Gasteiger partial charge in [0.05, 0.1) is 18.3 Å². The number of carbonyl (C=O) groups excluding carboxylic acids is 2. The van der Waals surface area contributed by atoms with E-state index in [0.29, 0.717) is 0 Å². The van der Waals surface area contributed by atoms with Gasteiger partial charge in [0, 0.05) is 0 Å². The second kappa shape index (κ2) is 7.39. The third kappa shape index (κ3) is 3.06. The molecule has 2 saturated heterocycles. The Balaban J connectivity index is 1.52. The molecule has 0 aromatic heterocycles. The summed E-state index contributed by atoms with van der Waals surface area (Å²) >= 11 is 0. The molecule has 3 atom stereocenters. The third-order valence-corrected chi connectivity index (χ3v) is 5.61. The van der Waals surface area contributed by atoms with Crippen molar-refractivity contribution in [1.29, 1.82) is 0 Å². The lowest BCUT2D eigenvalue weighted by Crippen LogP contribution is -2.36. The number of anilines is 1. The van der Waals surface area contributed by atoms with Gasteiger partial charge in [0.15, 0.2) is 6.10 Å². The number of benzene rings is 3. The van der Waals surface area contributed by atoms with Crippen molar-refractivity contribution in [2.24, 2.45) is 5.92 Å². The SMILES string of the molecule is O=C1C2ON(c3ccccc3)C(c3ccc(F)cc3)C2C(=O)N1Cc1ccccc1. The fourth-order valence-corrected chi connectivity index (χ4v) is 4.19. The van der Waals surface area contributed by atoms with Crippen molar-refractivity contribution in [3.8, 4) is 0 Å². The lowest BCUT2D eigenvalue weighted by atomic mass is 9.90. The average molecular weight is 402 g/mol. The molecule has 3 unspecified atom stereocenters. The molecule has 30 heavy (non-hydrogen) atoms. The van der Waals surface area contributed by atoms with E-state index in [1.54, 1.807) is 17.2 Å². The largest absolute Gasteiger partial charge is 0.275 e. The molecule has 0 radical (unpaired) electrons. The topological polar surface area (TPSA) is 49.9 Å². The van der Waals surface area contributed by atoms with Crippen molar-refractivity contribution >= 4 is 17.5 Å². The Labute approximate surface area is 173 Å². The quantitative estimate of drug-likeness (QED) is 0.622. The first-order chi connectivity index (χ1) is 14.6. The predicted octanol–water partition coefficient (Wildman–Crippen LogP) is 3.87. The van der Waals surface area contributed by atoms with Crippen molar-refractivity contribution in [2.45, 2.75) is 18.7 Å². The van der Waals surface area contributed by atoms with Crippen LogP contribution in [0.5, 0.6) is 0 Å². The average Bonchev–Trinajstić information content (AvgIpc) is 3.28. The molecule has 5 nitrogen and oxygen atoms in total. The summed E-state index contributed by atoms with van der Waals surface area (Å²) < 4.78 is 13.5. The number of para-hydroxylation sites is 1. The lowest BCUT2D eigenvalue weighted by molar-refractivity contribution is -0.143. The molecular weight excluding hydrogens is 383 g/mol. The molecule has 150 valence electrons. The molecule has 3 aromatic rings. The van der Waals surface area contributed by atoms with Gasteiger partial charge < -0.3 is 0 Å². The van der Waals surface area contributed by atoms with Crippen molar-refractivity contribution in [1.82, 2.24) is 4.90 Å². The van der Waals surface area contributed by atoms with Crippen molar-refractivity contribution < 1.29 is 18.8 Å². The van der Waals surface area contributed by atoms with Gasteiger partial charge >= 0.3 is 0 Å². The highest BCUT2D eigenvalue weighted by Gasteiger charge is 2.59. The highest BCUT2D eigenvalue weighted by molar-refractivity contribution is 6.07. The Hall–Kier alpha value is -3.51. The number of imide groups is 1. The molecule has 0 aliphatic carbocycles. The molecule has 0 spiro atoms. The van der Waals surface area contributed by atoms with E-state index < -0.39 is 18.1 Å². The van der Waals surface area contributed by atoms with Gasteiger partial charge in [0.1, 0.15) is 11.7 Å². The molecule has 0 bridgehead atoms. The minimum Gasteiger partial charge on any atom is -0.275 e. The maximum absolute atomic E-state index is 13.5. The first kappa shape index (κ1) is 18.5. The van der Waals surface area contributed by atoms with Gasteiger partial charge in [-0.1, -0.05) is 60.7 Å². The summed E-state index contributed by atoms with van der Waals surface area (Å²) in [7, 11) is 0. The van der Waals surface area contributed by atoms with Crippen LogP contribution in [-0.2, 0) is 21.0 Å². The van der Waals surface area contributed by atoms with E-state index in [4.69, 9.17) is 4.84 Å². The van der Waals surface area contributed by atoms with Gasteiger partial charge in [-0.25, -0.2) is 9.45 Å². The Morgan fingerprint density at radius 2 is 1.43 bits per heavy atom. The summed E-state index contributed by atoms with van der Waals surface area (Å²) in [6.07, 6.45) is -0.906. The van der Waals surface area contributed by atoms with Crippen LogP contribution < -0.4 is 5.06 Å². The summed E-state index contributed by atoms with van der Waals surface area (Å²) in [5.41, 5.74) is 2.32. The summed E-state index contributed by atoms with van der Waals surface area (Å²) in [5.74, 6) is -1.69. The molecule has 0 saturated carbocycles. The second-order valence-electron chi connectivity index (χ2n) is 7.46. The monoisotopic (exact) mass is 402 g/mol. The van der Waals surface area contributed by atoms with Gasteiger partial charge in [-0.05, 0) is 35.4 Å². The Morgan fingerprint density at radius 3 is 2.10 bits per heavy atom. The number of hydrogen-bond acceptors (Lipinski definition) is 4. The first-order valence-electron chi connectivity index (χ1n) is 9.79. The zero-order chi connectivity index (χ0) is 20.7. The molecular formula is C24H19FN2O3. The van der Waals surface area contributed by atoms with Crippen molar-refractivity contribution in [3.05, 3.63) is 102 Å². The van der Waals surface area contributed by atoms with Crippen LogP contribution in [0.25, 0.3) is 0 Å². The number of hydrogen-bond donors (Lipinski definition) is 0. The van der Waals surface area contributed by atoms with Gasteiger partial charge in [0.25, 0.3) is 5.91 Å². The molecule has 2 amide bonds. The smallest absolute Gasteiger partial charge is 0.262 e. The molecule has 2 fully saturated rings. The van der Waals surface area contributed by atoms with E-state index >= 15 is 0 Å². The van der Waals surface area contributed by atoms with E-state index in [-0.39, 0.29) is 24.2 Å². The van der Waals surface area contributed by atoms with Crippen LogP contribution in [0.2, 0.25) is 0 Å². The summed E-state index contributed by atoms with van der Waals surface area (Å²) in [4.78, 5) is 33.8. The fraction of sp³-hybridized carbons (Fsp3) is 0.167. The van der Waals surface area contributed by atoms with Crippen LogP contribution in [-0.4, -0.2) is 22.8 Å². The van der Waals surface area contributed by atoms with E-state index in [1.165, 1.54) is 17.0 Å². The van der Waals surface area contributed by atoms with Gasteiger partial charge in [0.2, 0.25) is 5.91 Å². The number of nitrogens with zero attached hydrogens (tertiary/aromatic N) is 2. The maximum Gasteiger partial charge on any atom is 0.262 e. The number of fused-ring (bicyclic) bond motifs is 1. The van der Waals surface area contributed by atoms with E-state index in [2.05, 4.69) is 0 Å². The van der Waals surface area contributed by atoms with Crippen molar-refractivity contribution in [3.63, 3.8) is 0 Å². The minimum absolute atomic E-state index is 0.205. The number of likely N-dealkylation sites (tertiary alicyclic amines) is 1. The van der Waals surface area contributed by atoms with Crippen LogP contribution in [0.4, 0.5) is 10.1 Å². The van der Waals surface area contributed by atoms with Gasteiger partial charge in [-0.15, -0.1) is 0 Å². The number of carbonyl (C=O) groups is 2. The van der Waals surface area contributed by atoms with Crippen LogP contribution in [0, 0.1) is 11.7 Å². The highest BCUT2D eigenvalue weighted by Crippen LogP contribution is 2.46. The molecule has 2 aliphatic heterocycles. The van der Waals surface area contributed by atoms with E-state index in [0.717, 1.165) is 16.8 Å². The van der Waals surface area contributed by atoms with Crippen molar-refractivity contribution in [2.75, 3.05) is 5.06 Å². The fourth-order valence-electron chi connectivity index (χ4n) is 4.19. The number of halogens is 1. The summed E-state index contributed by atoms with van der Waals surface area (Å²) in [5, 5.41) is 1.61. The Morgan fingerprint density at radius 1 is 0.800 bits per heavy atom. The number of amides is 2. The molecule has 3 aromatic carbocycles. The predicted molar refractivity (Wildman–Crippen MR) is 108 cm³/mol. The Bertz CT molecular complexity index is 1070. The molecule has 6 heteroatoms. The standard InChI is InChI=1S/C24H19FN2O3/c25-18-13-11-17(12-14-18)21-20-22(30-27(21)19-9-5-2-6-10-19)24(29)26(23(20)28)15-16-7-3-1-4-8-16/h1-14,20-22H,15H2. The zero-order valence-corrected chi connectivity index (χ0v) is 16.0. The van der Waals surface area contributed by atoms with Crippen LogP contribution >= 0.6 is 0 Å². The van der Waals surface area contributed by atoms with E-state index in [1.807, 2.05) is 60.7 Å². The third-order valence-electron chi connectivity index (χ3n) is 5.61. The summed E-state index contributed by atoms with van der Waals surface area (Å²) in [6.45, 7) is 0.205. The molecule has 2 aliphatic rings. The highest BCUT2D eigenvalue weighted by atomic mass is 19.1. The van der Waals surface area contributed by atoms with Gasteiger partial charge in [-0.2, -0.15) is 0 Å². The Kier molecular flexibility index (Phi) is 4.56. The summed E-state index contributed by atoms with van der Waals surface area (Å²) in [6, 6.07) is 24.2. The molecule has 2 heterocycles. The second-order valence-corrected chi connectivity index (χ2v) is 7.46. The molecule has 0 N–H and O–H groups in total. The van der Waals surface area contributed by atoms with Crippen LogP contribution in [0.3, 0.4) is 0 Å². The van der Waals surface area contributed by atoms with Gasteiger partial charge in [-0.3, -0.25) is 19.3 Å². The number of hydroxylamine groups is 1. The minimum atomic E-state index is -0.906. The van der Waals surface area contributed by atoms with E-state index in [9.17, 15) is 14.0 Å². The lowest BCUT2D eigenvalue weighted by Gasteiger charge is -2.28. The normalized spacial score (nSPS) is 23.2. The number of rotatable bonds is 4. The van der Waals surface area contributed by atoms with Crippen LogP contribution in [0.15, 0.2) is 84.9 Å².